The molecular weight excluding hydrogens is 316 g/mol. The summed E-state index contributed by atoms with van der Waals surface area (Å²) in [7, 11) is 0. The van der Waals surface area contributed by atoms with Crippen LogP contribution in [0.3, 0.4) is 0 Å². The number of carbonyl (C=O) groups is 1. The number of primary amides is 1. The van der Waals surface area contributed by atoms with E-state index in [1.54, 1.807) is 6.92 Å². The highest BCUT2D eigenvalue weighted by Crippen LogP contribution is 2.27. The van der Waals surface area contributed by atoms with E-state index in [9.17, 15) is 4.79 Å². The molecule has 2 rings (SSSR count). The van der Waals surface area contributed by atoms with Crippen LogP contribution in [0.1, 0.15) is 6.92 Å². The van der Waals surface area contributed by atoms with Crippen LogP contribution in [-0.2, 0) is 4.79 Å². The number of aromatic amines is 1. The van der Waals surface area contributed by atoms with Crippen LogP contribution in [0, 0.1) is 0 Å². The molecular formula is C11H11BrN4OS. The van der Waals surface area contributed by atoms with Gasteiger partial charge in [-0.2, -0.15) is 0 Å². The second-order valence-corrected chi connectivity index (χ2v) is 5.77. The largest absolute Gasteiger partial charge is 0.369 e. The maximum atomic E-state index is 11.0. The van der Waals surface area contributed by atoms with Crippen molar-refractivity contribution < 1.29 is 4.79 Å². The fourth-order valence-corrected chi connectivity index (χ4v) is 2.44. The number of halogens is 1. The van der Waals surface area contributed by atoms with Crippen molar-refractivity contribution >= 4 is 33.6 Å². The maximum Gasteiger partial charge on any atom is 0.230 e. The van der Waals surface area contributed by atoms with Crippen LogP contribution >= 0.6 is 27.7 Å². The number of benzene rings is 1. The molecule has 0 aliphatic rings. The number of hydrogen-bond donors (Lipinski definition) is 2. The Balaban J connectivity index is 2.21. The van der Waals surface area contributed by atoms with Crippen molar-refractivity contribution in [2.75, 3.05) is 0 Å². The van der Waals surface area contributed by atoms with Crippen LogP contribution in [0.15, 0.2) is 33.9 Å². The standard InChI is InChI=1S/C11H11BrN4OS/c1-6(9(13)17)18-11-14-10(15-16-11)7-4-2-3-5-8(7)12/h2-6H,1H3,(H2,13,17)(H,14,15,16)/t6-/m0/s1. The molecule has 0 unspecified atom stereocenters. The Hall–Kier alpha value is -1.34. The predicted molar refractivity (Wildman–Crippen MR) is 74.0 cm³/mol. The number of aromatic nitrogens is 3. The topological polar surface area (TPSA) is 84.7 Å². The number of carbonyl (C=O) groups excluding carboxylic acids is 1. The van der Waals surface area contributed by atoms with Crippen LogP contribution in [0.2, 0.25) is 0 Å². The van der Waals surface area contributed by atoms with Gasteiger partial charge >= 0.3 is 0 Å². The van der Waals surface area contributed by atoms with E-state index in [2.05, 4.69) is 31.1 Å². The van der Waals surface area contributed by atoms with Crippen molar-refractivity contribution in [1.82, 2.24) is 15.2 Å². The second kappa shape index (κ2) is 5.53. The first kappa shape index (κ1) is 13.1. The summed E-state index contributed by atoms with van der Waals surface area (Å²) in [6, 6.07) is 7.70. The molecule has 2 aromatic rings. The summed E-state index contributed by atoms with van der Waals surface area (Å²) in [6.45, 7) is 1.72. The summed E-state index contributed by atoms with van der Waals surface area (Å²) < 4.78 is 0.931. The molecule has 1 aromatic carbocycles. The SMILES string of the molecule is C[C@H](Sc1n[nH]c(-c2ccccc2Br)n1)C(N)=O. The van der Waals surface area contributed by atoms with E-state index >= 15 is 0 Å². The van der Waals surface area contributed by atoms with Crippen LogP contribution in [0.25, 0.3) is 11.4 Å². The molecule has 0 saturated heterocycles. The van der Waals surface area contributed by atoms with E-state index in [4.69, 9.17) is 5.73 Å². The van der Waals surface area contributed by atoms with E-state index in [1.165, 1.54) is 11.8 Å². The number of thioether (sulfide) groups is 1. The molecule has 7 heteroatoms. The second-order valence-electron chi connectivity index (χ2n) is 3.61. The minimum Gasteiger partial charge on any atom is -0.369 e. The van der Waals surface area contributed by atoms with Crippen LogP contribution in [0.4, 0.5) is 0 Å². The zero-order valence-corrected chi connectivity index (χ0v) is 12.0. The number of amides is 1. The van der Waals surface area contributed by atoms with E-state index in [1.807, 2.05) is 24.3 Å². The smallest absolute Gasteiger partial charge is 0.230 e. The molecule has 0 aliphatic carbocycles. The molecule has 1 amide bonds. The summed E-state index contributed by atoms with van der Waals surface area (Å²) >= 11 is 4.68. The lowest BCUT2D eigenvalue weighted by molar-refractivity contribution is -0.117. The molecule has 1 aromatic heterocycles. The number of nitrogens with two attached hydrogens (primary N) is 1. The Bertz CT molecular complexity index is 572. The highest BCUT2D eigenvalue weighted by atomic mass is 79.9. The third-order valence-electron chi connectivity index (χ3n) is 2.28. The lowest BCUT2D eigenvalue weighted by Gasteiger charge is -2.01. The predicted octanol–water partition coefficient (Wildman–Crippen LogP) is 2.20. The normalized spacial score (nSPS) is 12.3. The minimum absolute atomic E-state index is 0.354. The Labute approximate surface area is 117 Å². The van der Waals surface area contributed by atoms with Crippen molar-refractivity contribution in [2.45, 2.75) is 17.3 Å². The third kappa shape index (κ3) is 2.91. The zero-order valence-electron chi connectivity index (χ0n) is 9.55. The van der Waals surface area contributed by atoms with E-state index in [0.717, 1.165) is 10.0 Å². The van der Waals surface area contributed by atoms with Gasteiger partial charge in [0, 0.05) is 10.0 Å². The number of nitrogens with one attached hydrogen (secondary N) is 1. The maximum absolute atomic E-state index is 11.0. The fraction of sp³-hybridized carbons (Fsp3) is 0.182. The molecule has 1 heterocycles. The fourth-order valence-electron chi connectivity index (χ4n) is 1.29. The van der Waals surface area contributed by atoms with E-state index in [-0.39, 0.29) is 11.2 Å². The first-order valence-electron chi connectivity index (χ1n) is 5.21. The Kier molecular flexibility index (Phi) is 4.03. The van der Waals surface area contributed by atoms with Gasteiger partial charge in [0.25, 0.3) is 0 Å². The third-order valence-corrected chi connectivity index (χ3v) is 3.95. The van der Waals surface area contributed by atoms with Gasteiger partial charge in [-0.1, -0.05) is 45.9 Å². The number of rotatable bonds is 4. The number of hydrogen-bond acceptors (Lipinski definition) is 4. The van der Waals surface area contributed by atoms with Crippen molar-refractivity contribution in [3.63, 3.8) is 0 Å². The van der Waals surface area contributed by atoms with Crippen LogP contribution in [0.5, 0.6) is 0 Å². The number of H-pyrrole nitrogens is 1. The van der Waals surface area contributed by atoms with Gasteiger partial charge in [0.05, 0.1) is 5.25 Å². The lowest BCUT2D eigenvalue weighted by Crippen LogP contribution is -2.22. The Morgan fingerprint density at radius 2 is 2.22 bits per heavy atom. The first-order chi connectivity index (χ1) is 8.58. The average molecular weight is 327 g/mol. The van der Waals surface area contributed by atoms with Gasteiger partial charge in [-0.3, -0.25) is 9.89 Å². The average Bonchev–Trinajstić information content (AvgIpc) is 2.77. The quantitative estimate of drug-likeness (QED) is 0.843. The lowest BCUT2D eigenvalue weighted by atomic mass is 10.2. The zero-order chi connectivity index (χ0) is 13.1. The Morgan fingerprint density at radius 1 is 1.50 bits per heavy atom. The van der Waals surface area contributed by atoms with Crippen LogP contribution in [-0.4, -0.2) is 26.3 Å². The summed E-state index contributed by atoms with van der Waals surface area (Å²) in [5, 5.41) is 7.05. The van der Waals surface area contributed by atoms with Gasteiger partial charge in [-0.05, 0) is 13.0 Å². The highest BCUT2D eigenvalue weighted by Gasteiger charge is 2.15. The van der Waals surface area contributed by atoms with Gasteiger partial charge < -0.3 is 5.73 Å². The summed E-state index contributed by atoms with van der Waals surface area (Å²) in [6.07, 6.45) is 0. The summed E-state index contributed by atoms with van der Waals surface area (Å²) in [5.74, 6) is 0.272. The van der Waals surface area contributed by atoms with Crippen molar-refractivity contribution in [3.05, 3.63) is 28.7 Å². The first-order valence-corrected chi connectivity index (χ1v) is 6.88. The van der Waals surface area contributed by atoms with Crippen molar-refractivity contribution in [2.24, 2.45) is 5.73 Å². The van der Waals surface area contributed by atoms with Crippen LogP contribution < -0.4 is 5.73 Å². The molecule has 94 valence electrons. The monoisotopic (exact) mass is 326 g/mol. The molecule has 0 bridgehead atoms. The molecule has 3 N–H and O–H groups in total. The van der Waals surface area contributed by atoms with Gasteiger partial charge in [-0.25, -0.2) is 4.98 Å². The molecule has 5 nitrogen and oxygen atoms in total. The van der Waals surface area contributed by atoms with E-state index < -0.39 is 0 Å². The minimum atomic E-state index is -0.382. The van der Waals surface area contributed by atoms with Gasteiger partial charge in [0.1, 0.15) is 0 Å². The van der Waals surface area contributed by atoms with E-state index in [0.29, 0.717) is 11.0 Å². The van der Waals surface area contributed by atoms with Crippen molar-refractivity contribution in [3.8, 4) is 11.4 Å². The highest BCUT2D eigenvalue weighted by molar-refractivity contribution is 9.10. The van der Waals surface area contributed by atoms with Gasteiger partial charge in [0.2, 0.25) is 11.1 Å². The Morgan fingerprint density at radius 3 is 2.89 bits per heavy atom. The molecule has 1 atom stereocenters. The van der Waals surface area contributed by atoms with Crippen molar-refractivity contribution in [1.29, 1.82) is 0 Å². The molecule has 0 fully saturated rings. The molecule has 0 radical (unpaired) electrons. The number of nitrogens with zero attached hydrogens (tertiary/aromatic N) is 2. The molecule has 0 spiro atoms. The molecule has 0 saturated carbocycles. The molecule has 0 aliphatic heterocycles. The summed E-state index contributed by atoms with van der Waals surface area (Å²) in [4.78, 5) is 15.3. The van der Waals surface area contributed by atoms with Gasteiger partial charge in [-0.15, -0.1) is 5.10 Å². The molecule has 18 heavy (non-hydrogen) atoms. The summed E-state index contributed by atoms with van der Waals surface area (Å²) in [5.41, 5.74) is 6.11. The van der Waals surface area contributed by atoms with Gasteiger partial charge in [0.15, 0.2) is 5.82 Å².